The van der Waals surface area contributed by atoms with E-state index in [9.17, 15) is 4.79 Å². The summed E-state index contributed by atoms with van der Waals surface area (Å²) in [6, 6.07) is 8.94. The van der Waals surface area contributed by atoms with Crippen molar-refractivity contribution >= 4 is 5.91 Å². The Morgan fingerprint density at radius 1 is 1.38 bits per heavy atom. The minimum Gasteiger partial charge on any atom is -0.339 e. The first kappa shape index (κ1) is 16.1. The summed E-state index contributed by atoms with van der Waals surface area (Å²) in [6.07, 6.45) is 3.74. The average molecular weight is 324 g/mol. The van der Waals surface area contributed by atoms with Crippen LogP contribution in [0, 0.1) is 17.2 Å². The highest BCUT2D eigenvalue weighted by Gasteiger charge is 2.24. The van der Waals surface area contributed by atoms with Crippen LogP contribution in [0.2, 0.25) is 0 Å². The number of benzene rings is 1. The van der Waals surface area contributed by atoms with Crippen LogP contribution in [-0.4, -0.2) is 38.9 Å². The van der Waals surface area contributed by atoms with Gasteiger partial charge in [0, 0.05) is 37.9 Å². The van der Waals surface area contributed by atoms with Crippen LogP contribution in [-0.2, 0) is 13.1 Å². The van der Waals surface area contributed by atoms with Crippen LogP contribution >= 0.6 is 0 Å². The lowest BCUT2D eigenvalue weighted by Crippen LogP contribution is -2.39. The van der Waals surface area contributed by atoms with Crippen LogP contribution in [0.5, 0.6) is 0 Å². The van der Waals surface area contributed by atoms with Crippen molar-refractivity contribution in [3.05, 3.63) is 47.3 Å². The SMILES string of the molecule is N#Cc1cccc(C(=O)N2CCC(Cn3cc(CN)nn3)CC2)c1. The number of rotatable bonds is 4. The standard InChI is InChI=1S/C17H20N6O/c18-9-14-2-1-3-15(8-14)17(24)22-6-4-13(5-7-22)11-23-12-16(10-19)20-21-23/h1-3,8,12-13H,4-7,10-11,19H2. The highest BCUT2D eigenvalue weighted by molar-refractivity contribution is 5.94. The summed E-state index contributed by atoms with van der Waals surface area (Å²) >= 11 is 0. The van der Waals surface area contributed by atoms with Crippen molar-refractivity contribution in [1.82, 2.24) is 19.9 Å². The summed E-state index contributed by atoms with van der Waals surface area (Å²) in [5.41, 5.74) is 7.43. The van der Waals surface area contributed by atoms with Gasteiger partial charge < -0.3 is 10.6 Å². The topological polar surface area (TPSA) is 101 Å². The highest BCUT2D eigenvalue weighted by Crippen LogP contribution is 2.21. The maximum Gasteiger partial charge on any atom is 0.253 e. The van der Waals surface area contributed by atoms with Crippen molar-refractivity contribution in [2.75, 3.05) is 13.1 Å². The Labute approximate surface area is 140 Å². The van der Waals surface area contributed by atoms with E-state index < -0.39 is 0 Å². The molecule has 1 aromatic heterocycles. The first-order valence-corrected chi connectivity index (χ1v) is 8.08. The second-order valence-electron chi connectivity index (χ2n) is 6.06. The molecule has 0 atom stereocenters. The molecule has 3 rings (SSSR count). The van der Waals surface area contributed by atoms with E-state index in [4.69, 9.17) is 11.0 Å². The molecule has 0 aliphatic carbocycles. The summed E-state index contributed by atoms with van der Waals surface area (Å²) < 4.78 is 1.83. The number of nitrogens with two attached hydrogens (primary N) is 1. The van der Waals surface area contributed by atoms with Crippen molar-refractivity contribution in [2.45, 2.75) is 25.9 Å². The lowest BCUT2D eigenvalue weighted by Gasteiger charge is -2.32. The van der Waals surface area contributed by atoms with Gasteiger partial charge in [0.2, 0.25) is 0 Å². The third-order valence-corrected chi connectivity index (χ3v) is 4.38. The molecule has 0 unspecified atom stereocenters. The highest BCUT2D eigenvalue weighted by atomic mass is 16.2. The minimum atomic E-state index is -0.00303. The molecule has 24 heavy (non-hydrogen) atoms. The number of hydrogen-bond acceptors (Lipinski definition) is 5. The molecule has 2 aromatic rings. The Bertz CT molecular complexity index is 754. The van der Waals surface area contributed by atoms with Crippen LogP contribution in [0.25, 0.3) is 0 Å². The third kappa shape index (κ3) is 3.60. The van der Waals surface area contributed by atoms with Gasteiger partial charge in [0.1, 0.15) is 0 Å². The molecule has 0 radical (unpaired) electrons. The number of amides is 1. The van der Waals surface area contributed by atoms with Crippen LogP contribution in [0.15, 0.2) is 30.5 Å². The van der Waals surface area contributed by atoms with Crippen LogP contribution in [0.4, 0.5) is 0 Å². The fourth-order valence-corrected chi connectivity index (χ4v) is 3.01. The van der Waals surface area contributed by atoms with Crippen molar-refractivity contribution < 1.29 is 4.79 Å². The van der Waals surface area contributed by atoms with E-state index in [1.807, 2.05) is 15.8 Å². The number of nitriles is 1. The van der Waals surface area contributed by atoms with E-state index in [1.165, 1.54) is 0 Å². The minimum absolute atomic E-state index is 0.00303. The van der Waals surface area contributed by atoms with Gasteiger partial charge in [-0.1, -0.05) is 11.3 Å². The van der Waals surface area contributed by atoms with Gasteiger partial charge in [0.25, 0.3) is 5.91 Å². The lowest BCUT2D eigenvalue weighted by molar-refractivity contribution is 0.0681. The Balaban J connectivity index is 1.56. The van der Waals surface area contributed by atoms with Gasteiger partial charge >= 0.3 is 0 Å². The summed E-state index contributed by atoms with van der Waals surface area (Å²) in [5.74, 6) is 0.476. The van der Waals surface area contributed by atoms with Gasteiger partial charge in [-0.05, 0) is 37.0 Å². The normalized spacial score (nSPS) is 15.2. The molecule has 0 saturated carbocycles. The van der Waals surface area contributed by atoms with Gasteiger partial charge in [-0.25, -0.2) is 0 Å². The molecule has 0 spiro atoms. The van der Waals surface area contributed by atoms with Gasteiger partial charge in [0.15, 0.2) is 0 Å². The smallest absolute Gasteiger partial charge is 0.253 e. The fourth-order valence-electron chi connectivity index (χ4n) is 3.01. The Kier molecular flexibility index (Phi) is 4.87. The molecule has 124 valence electrons. The second kappa shape index (κ2) is 7.23. The van der Waals surface area contributed by atoms with Gasteiger partial charge in [-0.3, -0.25) is 9.48 Å². The lowest BCUT2D eigenvalue weighted by atomic mass is 9.96. The van der Waals surface area contributed by atoms with Crippen LogP contribution in [0.3, 0.4) is 0 Å². The maximum atomic E-state index is 12.6. The largest absolute Gasteiger partial charge is 0.339 e. The number of carbonyl (C=O) groups is 1. The molecule has 1 aliphatic heterocycles. The van der Waals surface area contributed by atoms with Crippen LogP contribution in [0.1, 0.15) is 34.5 Å². The van der Waals surface area contributed by atoms with E-state index in [2.05, 4.69) is 16.4 Å². The zero-order valence-electron chi connectivity index (χ0n) is 13.4. The Morgan fingerprint density at radius 2 is 2.17 bits per heavy atom. The van der Waals surface area contributed by atoms with Gasteiger partial charge in [-0.15, -0.1) is 5.10 Å². The molecule has 1 aliphatic rings. The number of carbonyl (C=O) groups excluding carboxylic acids is 1. The number of aromatic nitrogens is 3. The molecule has 2 heterocycles. The Hall–Kier alpha value is -2.72. The fraction of sp³-hybridized carbons (Fsp3) is 0.412. The van der Waals surface area contributed by atoms with E-state index >= 15 is 0 Å². The molecule has 1 fully saturated rings. The first-order chi connectivity index (χ1) is 11.7. The number of nitrogens with zero attached hydrogens (tertiary/aromatic N) is 5. The Morgan fingerprint density at radius 3 is 2.83 bits per heavy atom. The maximum absolute atomic E-state index is 12.6. The van der Waals surface area contributed by atoms with Gasteiger partial charge in [-0.2, -0.15) is 5.26 Å². The van der Waals surface area contributed by atoms with E-state index in [0.717, 1.165) is 38.2 Å². The molecule has 2 N–H and O–H groups in total. The number of piperidine rings is 1. The van der Waals surface area contributed by atoms with Crippen LogP contribution < -0.4 is 5.73 Å². The molecule has 1 amide bonds. The van der Waals surface area contributed by atoms with Crippen molar-refractivity contribution in [3.8, 4) is 6.07 Å². The molecule has 1 saturated heterocycles. The molecule has 7 heteroatoms. The van der Waals surface area contributed by atoms with Crippen molar-refractivity contribution in [3.63, 3.8) is 0 Å². The van der Waals surface area contributed by atoms with Gasteiger partial charge in [0.05, 0.1) is 17.3 Å². The molecule has 0 bridgehead atoms. The first-order valence-electron chi connectivity index (χ1n) is 8.08. The third-order valence-electron chi connectivity index (χ3n) is 4.38. The summed E-state index contributed by atoms with van der Waals surface area (Å²) in [4.78, 5) is 14.4. The quantitative estimate of drug-likeness (QED) is 0.909. The number of hydrogen-bond donors (Lipinski definition) is 1. The average Bonchev–Trinajstić information content (AvgIpc) is 3.09. The molecule has 7 nitrogen and oxygen atoms in total. The predicted octanol–water partition coefficient (Wildman–Crippen LogP) is 1.16. The summed E-state index contributed by atoms with van der Waals surface area (Å²) in [7, 11) is 0. The summed E-state index contributed by atoms with van der Waals surface area (Å²) in [5, 5.41) is 17.0. The zero-order valence-corrected chi connectivity index (χ0v) is 13.4. The van der Waals surface area contributed by atoms with E-state index in [1.54, 1.807) is 24.3 Å². The second-order valence-corrected chi connectivity index (χ2v) is 6.06. The monoisotopic (exact) mass is 324 g/mol. The molecule has 1 aromatic carbocycles. The molecular weight excluding hydrogens is 304 g/mol. The zero-order chi connectivity index (χ0) is 16.9. The number of likely N-dealkylation sites (tertiary alicyclic amines) is 1. The summed E-state index contributed by atoms with van der Waals surface area (Å²) in [6.45, 7) is 2.64. The predicted molar refractivity (Wildman–Crippen MR) is 87.7 cm³/mol. The molecular formula is C17H20N6O. The van der Waals surface area contributed by atoms with Crippen molar-refractivity contribution in [1.29, 1.82) is 5.26 Å². The van der Waals surface area contributed by atoms with E-state index in [-0.39, 0.29) is 5.91 Å². The van der Waals surface area contributed by atoms with E-state index in [0.29, 0.717) is 23.6 Å². The van der Waals surface area contributed by atoms with Crippen molar-refractivity contribution in [2.24, 2.45) is 11.7 Å².